The van der Waals surface area contributed by atoms with E-state index in [1.165, 1.54) is 25.7 Å². The Hall–Kier alpha value is -0.730. The molecule has 0 unspecified atom stereocenters. The van der Waals surface area contributed by atoms with Crippen LogP contribution in [-0.2, 0) is 0 Å². The summed E-state index contributed by atoms with van der Waals surface area (Å²) in [6.07, 6.45) is 4.71. The molecular formula is C17H26ClNO. The van der Waals surface area contributed by atoms with E-state index in [2.05, 4.69) is 24.8 Å². The van der Waals surface area contributed by atoms with E-state index in [4.69, 9.17) is 11.6 Å². The lowest BCUT2D eigenvalue weighted by Gasteiger charge is -2.33. The standard InChI is InChI=1S/C17H26ClNO/c1-12(2)11-19(15-6-4-5-7-15)17-9-8-14(13(3)20)10-16(17)18/h8-10,12-13,15,20H,4-7,11H2,1-3H3/t13-/m0/s1. The molecule has 0 aliphatic heterocycles. The van der Waals surface area contributed by atoms with E-state index in [0.717, 1.165) is 22.8 Å². The highest BCUT2D eigenvalue weighted by Crippen LogP contribution is 2.35. The van der Waals surface area contributed by atoms with Crippen molar-refractivity contribution in [2.45, 2.75) is 58.6 Å². The fraction of sp³-hybridized carbons (Fsp3) is 0.647. The van der Waals surface area contributed by atoms with Crippen molar-refractivity contribution in [2.75, 3.05) is 11.4 Å². The summed E-state index contributed by atoms with van der Waals surface area (Å²) in [6, 6.07) is 6.59. The zero-order chi connectivity index (χ0) is 14.7. The average Bonchev–Trinajstić information content (AvgIpc) is 2.89. The van der Waals surface area contributed by atoms with E-state index in [9.17, 15) is 5.11 Å². The van der Waals surface area contributed by atoms with Gasteiger partial charge in [-0.2, -0.15) is 0 Å². The second kappa shape index (κ2) is 6.82. The van der Waals surface area contributed by atoms with Gasteiger partial charge in [-0.25, -0.2) is 0 Å². The van der Waals surface area contributed by atoms with Crippen LogP contribution in [0.4, 0.5) is 5.69 Å². The summed E-state index contributed by atoms with van der Waals surface area (Å²) in [7, 11) is 0. The number of rotatable bonds is 5. The molecule has 0 aromatic heterocycles. The van der Waals surface area contributed by atoms with E-state index < -0.39 is 6.10 Å². The number of halogens is 1. The number of hydrogen-bond donors (Lipinski definition) is 1. The Kier molecular flexibility index (Phi) is 5.34. The molecule has 0 amide bonds. The second-order valence-electron chi connectivity index (χ2n) is 6.37. The highest BCUT2D eigenvalue weighted by Gasteiger charge is 2.25. The van der Waals surface area contributed by atoms with Gasteiger partial charge in [-0.15, -0.1) is 0 Å². The van der Waals surface area contributed by atoms with Gasteiger partial charge in [0.15, 0.2) is 0 Å². The predicted molar refractivity (Wildman–Crippen MR) is 86.5 cm³/mol. The minimum Gasteiger partial charge on any atom is -0.389 e. The first-order valence-electron chi connectivity index (χ1n) is 7.73. The molecule has 1 saturated carbocycles. The van der Waals surface area contributed by atoms with Gasteiger partial charge in [-0.05, 0) is 43.4 Å². The molecular weight excluding hydrogens is 270 g/mol. The van der Waals surface area contributed by atoms with Gasteiger partial charge in [0.2, 0.25) is 0 Å². The molecule has 1 aromatic carbocycles. The smallest absolute Gasteiger partial charge is 0.0762 e. The monoisotopic (exact) mass is 295 g/mol. The molecule has 0 saturated heterocycles. The summed E-state index contributed by atoms with van der Waals surface area (Å²) in [5.74, 6) is 0.614. The molecule has 0 spiro atoms. The van der Waals surface area contributed by atoms with Gasteiger partial charge >= 0.3 is 0 Å². The molecule has 1 aliphatic carbocycles. The number of nitrogens with zero attached hydrogens (tertiary/aromatic N) is 1. The first-order chi connectivity index (χ1) is 9.49. The van der Waals surface area contributed by atoms with Crippen molar-refractivity contribution < 1.29 is 5.11 Å². The zero-order valence-electron chi connectivity index (χ0n) is 12.8. The zero-order valence-corrected chi connectivity index (χ0v) is 13.5. The maximum absolute atomic E-state index is 9.66. The number of hydrogen-bond acceptors (Lipinski definition) is 2. The van der Waals surface area contributed by atoms with Crippen LogP contribution in [0, 0.1) is 5.92 Å². The lowest BCUT2D eigenvalue weighted by molar-refractivity contribution is 0.199. The van der Waals surface area contributed by atoms with Crippen LogP contribution in [0.15, 0.2) is 18.2 Å². The molecule has 1 atom stereocenters. The van der Waals surface area contributed by atoms with Crippen LogP contribution in [0.5, 0.6) is 0 Å². The molecule has 1 N–H and O–H groups in total. The maximum Gasteiger partial charge on any atom is 0.0762 e. The van der Waals surface area contributed by atoms with Crippen molar-refractivity contribution in [3.05, 3.63) is 28.8 Å². The molecule has 2 nitrogen and oxygen atoms in total. The maximum atomic E-state index is 9.66. The van der Waals surface area contributed by atoms with Gasteiger partial charge in [0.05, 0.1) is 16.8 Å². The Morgan fingerprint density at radius 1 is 1.25 bits per heavy atom. The summed E-state index contributed by atoms with van der Waals surface area (Å²) in [5, 5.41) is 10.4. The number of anilines is 1. The summed E-state index contributed by atoms with van der Waals surface area (Å²) in [4.78, 5) is 2.48. The van der Waals surface area contributed by atoms with E-state index in [0.29, 0.717) is 12.0 Å². The second-order valence-corrected chi connectivity index (χ2v) is 6.78. The summed E-state index contributed by atoms with van der Waals surface area (Å²) >= 11 is 6.48. The van der Waals surface area contributed by atoms with Crippen LogP contribution < -0.4 is 4.90 Å². The third-order valence-electron chi connectivity index (χ3n) is 4.09. The first kappa shape index (κ1) is 15.7. The summed E-state index contributed by atoms with van der Waals surface area (Å²) in [5.41, 5.74) is 2.01. The quantitative estimate of drug-likeness (QED) is 0.843. The topological polar surface area (TPSA) is 23.5 Å². The molecule has 1 fully saturated rings. The Morgan fingerprint density at radius 3 is 2.40 bits per heavy atom. The van der Waals surface area contributed by atoms with Gasteiger partial charge in [0.1, 0.15) is 0 Å². The SMILES string of the molecule is CC(C)CN(c1ccc([C@H](C)O)cc1Cl)C1CCCC1. The lowest BCUT2D eigenvalue weighted by Crippen LogP contribution is -2.36. The number of benzene rings is 1. The normalized spacial score (nSPS) is 17.7. The summed E-state index contributed by atoms with van der Waals surface area (Å²) < 4.78 is 0. The average molecular weight is 296 g/mol. The molecule has 2 rings (SSSR count). The fourth-order valence-corrected chi connectivity index (χ4v) is 3.37. The highest BCUT2D eigenvalue weighted by molar-refractivity contribution is 6.33. The van der Waals surface area contributed by atoms with Crippen LogP contribution in [0.2, 0.25) is 5.02 Å². The molecule has 20 heavy (non-hydrogen) atoms. The molecule has 3 heteroatoms. The van der Waals surface area contributed by atoms with Gasteiger partial charge in [-0.3, -0.25) is 0 Å². The van der Waals surface area contributed by atoms with E-state index in [1.807, 2.05) is 12.1 Å². The van der Waals surface area contributed by atoms with Crippen molar-refractivity contribution >= 4 is 17.3 Å². The van der Waals surface area contributed by atoms with Crippen LogP contribution in [0.1, 0.15) is 58.1 Å². The van der Waals surface area contributed by atoms with Crippen molar-refractivity contribution in [3.8, 4) is 0 Å². The van der Waals surface area contributed by atoms with Gasteiger partial charge in [0.25, 0.3) is 0 Å². The van der Waals surface area contributed by atoms with Gasteiger partial charge < -0.3 is 10.0 Å². The molecule has 112 valence electrons. The predicted octanol–water partition coefficient (Wildman–Crippen LogP) is 4.80. The van der Waals surface area contributed by atoms with Gasteiger partial charge in [0, 0.05) is 12.6 Å². The molecule has 0 radical (unpaired) electrons. The highest BCUT2D eigenvalue weighted by atomic mass is 35.5. The van der Waals surface area contributed by atoms with E-state index >= 15 is 0 Å². The number of aliphatic hydroxyl groups is 1. The van der Waals surface area contributed by atoms with Crippen molar-refractivity contribution in [2.24, 2.45) is 5.92 Å². The Morgan fingerprint density at radius 2 is 1.90 bits per heavy atom. The minimum atomic E-state index is -0.466. The molecule has 1 aliphatic rings. The van der Waals surface area contributed by atoms with Crippen LogP contribution >= 0.6 is 11.6 Å². The Labute approximate surface area is 127 Å². The van der Waals surface area contributed by atoms with Crippen molar-refractivity contribution in [1.29, 1.82) is 0 Å². The fourth-order valence-electron chi connectivity index (χ4n) is 3.07. The largest absolute Gasteiger partial charge is 0.389 e. The van der Waals surface area contributed by atoms with Crippen LogP contribution in [0.25, 0.3) is 0 Å². The summed E-state index contributed by atoms with van der Waals surface area (Å²) in [6.45, 7) is 7.31. The van der Waals surface area contributed by atoms with Crippen LogP contribution in [0.3, 0.4) is 0 Å². The molecule has 0 bridgehead atoms. The third-order valence-corrected chi connectivity index (χ3v) is 4.39. The Balaban J connectivity index is 2.27. The van der Waals surface area contributed by atoms with E-state index in [1.54, 1.807) is 6.92 Å². The van der Waals surface area contributed by atoms with Crippen LogP contribution in [-0.4, -0.2) is 17.7 Å². The first-order valence-corrected chi connectivity index (χ1v) is 8.11. The van der Waals surface area contributed by atoms with Crippen molar-refractivity contribution in [1.82, 2.24) is 0 Å². The van der Waals surface area contributed by atoms with Gasteiger partial charge in [-0.1, -0.05) is 44.4 Å². The molecule has 1 aromatic rings. The van der Waals surface area contributed by atoms with Crippen molar-refractivity contribution in [3.63, 3.8) is 0 Å². The number of aliphatic hydroxyl groups excluding tert-OH is 1. The third kappa shape index (κ3) is 3.67. The lowest BCUT2D eigenvalue weighted by atomic mass is 10.1. The minimum absolute atomic E-state index is 0.466. The molecule has 0 heterocycles. The van der Waals surface area contributed by atoms with E-state index in [-0.39, 0.29) is 0 Å². The Bertz CT molecular complexity index is 439.